The van der Waals surface area contributed by atoms with Crippen LogP contribution in [0.3, 0.4) is 0 Å². The van der Waals surface area contributed by atoms with Crippen LogP contribution >= 0.6 is 0 Å². The van der Waals surface area contributed by atoms with Gasteiger partial charge in [0.05, 0.1) is 19.1 Å². The Hall–Kier alpha value is -1.58. The van der Waals surface area contributed by atoms with Gasteiger partial charge in [-0.25, -0.2) is 0 Å². The minimum atomic E-state index is 0.214. The van der Waals surface area contributed by atoms with Crippen LogP contribution in [0.15, 0.2) is 53.3 Å². The molecule has 0 saturated carbocycles. The Labute approximate surface area is 133 Å². The highest BCUT2D eigenvalue weighted by atomic mass is 16.3. The maximum atomic E-state index is 9.17. The summed E-state index contributed by atoms with van der Waals surface area (Å²) in [4.78, 5) is 2.29. The van der Waals surface area contributed by atoms with E-state index in [1.165, 1.54) is 43.2 Å². The van der Waals surface area contributed by atoms with Crippen LogP contribution in [0.1, 0.15) is 36.8 Å². The zero-order chi connectivity index (χ0) is 15.5. The molecule has 0 unspecified atom stereocenters. The molecule has 120 valence electrons. The maximum Gasteiger partial charge on any atom is 0.0947 e. The molecule has 2 rings (SSSR count). The van der Waals surface area contributed by atoms with Crippen molar-refractivity contribution >= 4 is 0 Å². The highest BCUT2D eigenvalue weighted by Crippen LogP contribution is 2.10. The second-order valence-corrected chi connectivity index (χ2v) is 5.78. The number of hydrogen-bond donors (Lipinski definition) is 1. The molecular formula is C19H27NO2. The lowest BCUT2D eigenvalue weighted by molar-refractivity contribution is 0.187. The molecule has 0 saturated heterocycles. The van der Waals surface area contributed by atoms with Gasteiger partial charge in [0.2, 0.25) is 0 Å². The lowest BCUT2D eigenvalue weighted by atomic mass is 10.1. The number of rotatable bonds is 11. The Morgan fingerprint density at radius 2 is 1.68 bits per heavy atom. The number of aryl methyl sites for hydroxylation is 1. The molecule has 0 aliphatic carbocycles. The third-order valence-corrected chi connectivity index (χ3v) is 3.94. The van der Waals surface area contributed by atoms with Gasteiger partial charge in [-0.15, -0.1) is 0 Å². The summed E-state index contributed by atoms with van der Waals surface area (Å²) in [6, 6.07) is 12.7. The summed E-state index contributed by atoms with van der Waals surface area (Å²) in [6.07, 6.45) is 9.63. The SMILES string of the molecule is OCCN(CCCCCCc1ccccc1)Cc1ccoc1. The second kappa shape index (κ2) is 10.2. The van der Waals surface area contributed by atoms with E-state index in [4.69, 9.17) is 9.52 Å². The van der Waals surface area contributed by atoms with E-state index in [9.17, 15) is 0 Å². The fourth-order valence-electron chi connectivity index (χ4n) is 2.71. The van der Waals surface area contributed by atoms with E-state index >= 15 is 0 Å². The average molecular weight is 301 g/mol. The van der Waals surface area contributed by atoms with Gasteiger partial charge in [0.25, 0.3) is 0 Å². The number of hydrogen-bond acceptors (Lipinski definition) is 3. The topological polar surface area (TPSA) is 36.6 Å². The zero-order valence-electron chi connectivity index (χ0n) is 13.3. The van der Waals surface area contributed by atoms with E-state index in [1.54, 1.807) is 12.5 Å². The molecule has 0 aliphatic rings. The van der Waals surface area contributed by atoms with E-state index < -0.39 is 0 Å². The van der Waals surface area contributed by atoms with Crippen LogP contribution in [-0.2, 0) is 13.0 Å². The Balaban J connectivity index is 1.57. The van der Waals surface area contributed by atoms with Crippen molar-refractivity contribution in [3.05, 3.63) is 60.1 Å². The smallest absolute Gasteiger partial charge is 0.0947 e. The molecule has 3 heteroatoms. The molecule has 0 fully saturated rings. The molecule has 1 aromatic heterocycles. The highest BCUT2D eigenvalue weighted by Gasteiger charge is 2.06. The molecule has 0 atom stereocenters. The highest BCUT2D eigenvalue weighted by molar-refractivity contribution is 5.14. The molecule has 0 spiro atoms. The van der Waals surface area contributed by atoms with Gasteiger partial charge in [-0.05, 0) is 37.4 Å². The van der Waals surface area contributed by atoms with E-state index in [1.807, 2.05) is 6.07 Å². The minimum absolute atomic E-state index is 0.214. The largest absolute Gasteiger partial charge is 0.472 e. The van der Waals surface area contributed by atoms with E-state index in [0.717, 1.165) is 19.6 Å². The first kappa shape index (κ1) is 16.8. The molecule has 3 nitrogen and oxygen atoms in total. The average Bonchev–Trinajstić information content (AvgIpc) is 3.05. The van der Waals surface area contributed by atoms with Crippen molar-refractivity contribution in [1.82, 2.24) is 4.90 Å². The predicted octanol–water partition coefficient (Wildman–Crippen LogP) is 3.88. The Morgan fingerprint density at radius 1 is 0.864 bits per heavy atom. The van der Waals surface area contributed by atoms with E-state index in [0.29, 0.717) is 0 Å². The first-order valence-corrected chi connectivity index (χ1v) is 8.26. The summed E-state index contributed by atoms with van der Waals surface area (Å²) >= 11 is 0. The van der Waals surface area contributed by atoms with Crippen molar-refractivity contribution in [3.8, 4) is 0 Å². The summed E-state index contributed by atoms with van der Waals surface area (Å²) in [5.41, 5.74) is 2.61. The van der Waals surface area contributed by atoms with Gasteiger partial charge in [0.1, 0.15) is 0 Å². The zero-order valence-corrected chi connectivity index (χ0v) is 13.3. The standard InChI is InChI=1S/C19H27NO2/c21-14-13-20(16-19-11-15-22-17-19)12-7-2-1-4-8-18-9-5-3-6-10-18/h3,5-6,9-11,15,17,21H,1-2,4,7-8,12-14,16H2. The maximum absolute atomic E-state index is 9.17. The molecule has 22 heavy (non-hydrogen) atoms. The van der Waals surface area contributed by atoms with Gasteiger partial charge in [-0.1, -0.05) is 43.2 Å². The van der Waals surface area contributed by atoms with Gasteiger partial charge in [-0.3, -0.25) is 4.90 Å². The summed E-state index contributed by atoms with van der Waals surface area (Å²) in [5, 5.41) is 9.17. The number of nitrogens with zero attached hydrogens (tertiary/aromatic N) is 1. The normalized spacial score (nSPS) is 11.2. The van der Waals surface area contributed by atoms with Gasteiger partial charge >= 0.3 is 0 Å². The number of benzene rings is 1. The van der Waals surface area contributed by atoms with Crippen molar-refractivity contribution < 1.29 is 9.52 Å². The number of furan rings is 1. The van der Waals surface area contributed by atoms with Gasteiger partial charge in [-0.2, -0.15) is 0 Å². The van der Waals surface area contributed by atoms with Crippen molar-refractivity contribution in [2.75, 3.05) is 19.7 Å². The molecule has 1 N–H and O–H groups in total. The summed E-state index contributed by atoms with van der Waals surface area (Å²) in [5.74, 6) is 0. The Morgan fingerprint density at radius 3 is 2.41 bits per heavy atom. The molecule has 0 aliphatic heterocycles. The third kappa shape index (κ3) is 6.46. The van der Waals surface area contributed by atoms with Gasteiger partial charge < -0.3 is 9.52 Å². The van der Waals surface area contributed by atoms with Crippen LogP contribution < -0.4 is 0 Å². The lowest BCUT2D eigenvalue weighted by Crippen LogP contribution is -2.27. The fraction of sp³-hybridized carbons (Fsp3) is 0.474. The van der Waals surface area contributed by atoms with Crippen molar-refractivity contribution in [3.63, 3.8) is 0 Å². The molecule has 0 bridgehead atoms. The van der Waals surface area contributed by atoms with Crippen LogP contribution in [0.5, 0.6) is 0 Å². The summed E-state index contributed by atoms with van der Waals surface area (Å²) in [6.45, 7) is 2.85. The van der Waals surface area contributed by atoms with Crippen LogP contribution in [-0.4, -0.2) is 29.7 Å². The van der Waals surface area contributed by atoms with Crippen LogP contribution in [0.4, 0.5) is 0 Å². The minimum Gasteiger partial charge on any atom is -0.472 e. The van der Waals surface area contributed by atoms with Crippen molar-refractivity contribution in [2.45, 2.75) is 38.6 Å². The van der Waals surface area contributed by atoms with Crippen LogP contribution in [0.25, 0.3) is 0 Å². The van der Waals surface area contributed by atoms with Gasteiger partial charge in [0.15, 0.2) is 0 Å². The van der Waals surface area contributed by atoms with Crippen molar-refractivity contribution in [2.24, 2.45) is 0 Å². The molecule has 0 amide bonds. The first-order chi connectivity index (χ1) is 10.9. The summed E-state index contributed by atoms with van der Waals surface area (Å²) < 4.78 is 5.10. The molecule has 1 aromatic carbocycles. The summed E-state index contributed by atoms with van der Waals surface area (Å²) in [7, 11) is 0. The molecule has 1 heterocycles. The van der Waals surface area contributed by atoms with Gasteiger partial charge in [0, 0.05) is 18.7 Å². The Bertz CT molecular complexity index is 481. The number of aliphatic hydroxyl groups is 1. The lowest BCUT2D eigenvalue weighted by Gasteiger charge is -2.20. The third-order valence-electron chi connectivity index (χ3n) is 3.94. The van der Waals surface area contributed by atoms with E-state index in [2.05, 4.69) is 35.2 Å². The molecular weight excluding hydrogens is 274 g/mol. The van der Waals surface area contributed by atoms with Crippen LogP contribution in [0, 0.1) is 0 Å². The second-order valence-electron chi connectivity index (χ2n) is 5.78. The number of aliphatic hydroxyl groups excluding tert-OH is 1. The fourth-order valence-corrected chi connectivity index (χ4v) is 2.71. The monoisotopic (exact) mass is 301 g/mol. The number of unbranched alkanes of at least 4 members (excludes halogenated alkanes) is 3. The molecule has 2 aromatic rings. The van der Waals surface area contributed by atoms with Crippen molar-refractivity contribution in [1.29, 1.82) is 0 Å². The first-order valence-electron chi connectivity index (χ1n) is 8.26. The quantitative estimate of drug-likeness (QED) is 0.640. The predicted molar refractivity (Wildman–Crippen MR) is 89.7 cm³/mol. The molecule has 0 radical (unpaired) electrons. The van der Waals surface area contributed by atoms with E-state index in [-0.39, 0.29) is 6.61 Å². The van der Waals surface area contributed by atoms with Crippen LogP contribution in [0.2, 0.25) is 0 Å². The Kier molecular flexibility index (Phi) is 7.78.